The third-order valence-electron chi connectivity index (χ3n) is 6.29. The van der Waals surface area contributed by atoms with Crippen molar-refractivity contribution in [1.82, 2.24) is 14.5 Å². The van der Waals surface area contributed by atoms with Crippen LogP contribution in [0, 0.1) is 11.8 Å². The Morgan fingerprint density at radius 3 is 2.40 bits per heavy atom. The van der Waals surface area contributed by atoms with E-state index in [0.717, 1.165) is 55.3 Å². The molecule has 2 aromatic carbocycles. The quantitative estimate of drug-likeness (QED) is 0.560. The fourth-order valence-electron chi connectivity index (χ4n) is 4.36. The molecule has 2 atom stereocenters. The Balaban J connectivity index is 1.15. The monoisotopic (exact) mass is 470 g/mol. The van der Waals surface area contributed by atoms with Gasteiger partial charge in [-0.2, -0.15) is 0 Å². The van der Waals surface area contributed by atoms with Crippen molar-refractivity contribution in [3.05, 3.63) is 89.0 Å². The summed E-state index contributed by atoms with van der Waals surface area (Å²) in [5.74, 6) is 7.15. The van der Waals surface area contributed by atoms with Crippen LogP contribution in [0.2, 0.25) is 0 Å². The van der Waals surface area contributed by atoms with Crippen molar-refractivity contribution in [2.75, 3.05) is 26.3 Å². The van der Waals surface area contributed by atoms with Gasteiger partial charge in [-0.1, -0.05) is 41.3 Å². The van der Waals surface area contributed by atoms with E-state index in [9.17, 15) is 5.11 Å². The van der Waals surface area contributed by atoms with Crippen LogP contribution in [0.4, 0.5) is 0 Å². The smallest absolute Gasteiger partial charge is 0.151 e. The van der Waals surface area contributed by atoms with Crippen LogP contribution in [0.3, 0.4) is 0 Å². The molecular weight excluding hydrogens is 440 g/mol. The van der Waals surface area contributed by atoms with Gasteiger partial charge in [-0.3, -0.25) is 4.90 Å². The highest BCUT2D eigenvalue weighted by Crippen LogP contribution is 2.20. The number of benzene rings is 2. The Morgan fingerprint density at radius 1 is 1.03 bits per heavy atom. The molecule has 3 aromatic rings. The van der Waals surface area contributed by atoms with E-state index in [-0.39, 0.29) is 6.10 Å². The zero-order valence-electron chi connectivity index (χ0n) is 19.9. The van der Waals surface area contributed by atoms with Crippen LogP contribution in [-0.4, -0.2) is 57.7 Å². The fraction of sp³-hybridized carbons (Fsp3) is 0.357. The number of ether oxygens (including phenoxy) is 1. The minimum Gasteiger partial charge on any atom is -0.390 e. The van der Waals surface area contributed by atoms with Crippen LogP contribution in [0.25, 0.3) is 0 Å². The molecule has 0 bridgehead atoms. The number of morpholine rings is 1. The van der Waals surface area contributed by atoms with Crippen molar-refractivity contribution in [1.29, 1.82) is 0 Å². The Hall–Kier alpha value is -3.44. The van der Waals surface area contributed by atoms with E-state index in [1.54, 1.807) is 13.1 Å². The molecule has 5 rings (SSSR count). The van der Waals surface area contributed by atoms with Gasteiger partial charge >= 0.3 is 0 Å². The molecule has 1 aromatic heterocycles. The van der Waals surface area contributed by atoms with Gasteiger partial charge in [0.1, 0.15) is 11.9 Å². The predicted octanol–water partition coefficient (Wildman–Crippen LogP) is 3.36. The summed E-state index contributed by atoms with van der Waals surface area (Å²) in [4.78, 5) is 12.3. The second kappa shape index (κ2) is 10.9. The number of aromatic nitrogens is 2. The summed E-state index contributed by atoms with van der Waals surface area (Å²) >= 11 is 0. The van der Waals surface area contributed by atoms with Crippen molar-refractivity contribution in [2.24, 2.45) is 5.16 Å². The molecule has 0 radical (unpaired) electrons. The number of aliphatic hydroxyl groups excluding tert-OH is 1. The Kier molecular flexibility index (Phi) is 7.24. The van der Waals surface area contributed by atoms with Crippen LogP contribution < -0.4 is 0 Å². The highest BCUT2D eigenvalue weighted by atomic mass is 16.6. The van der Waals surface area contributed by atoms with E-state index in [1.165, 1.54) is 5.56 Å². The lowest BCUT2D eigenvalue weighted by Crippen LogP contribution is -2.35. The van der Waals surface area contributed by atoms with Crippen LogP contribution in [-0.2, 0) is 22.7 Å². The Labute approximate surface area is 206 Å². The van der Waals surface area contributed by atoms with E-state index in [1.807, 2.05) is 35.0 Å². The minimum absolute atomic E-state index is 0.0811. The summed E-state index contributed by atoms with van der Waals surface area (Å²) in [5, 5.41) is 14.1. The van der Waals surface area contributed by atoms with E-state index in [4.69, 9.17) is 9.57 Å². The topological polar surface area (TPSA) is 72.1 Å². The van der Waals surface area contributed by atoms with Gasteiger partial charge < -0.3 is 19.2 Å². The molecular formula is C28H30N4O3. The van der Waals surface area contributed by atoms with Gasteiger partial charge in [0, 0.05) is 49.6 Å². The molecule has 1 fully saturated rings. The summed E-state index contributed by atoms with van der Waals surface area (Å²) in [5.41, 5.74) is 5.22. The lowest BCUT2D eigenvalue weighted by atomic mass is 10.0. The molecule has 0 aliphatic carbocycles. The van der Waals surface area contributed by atoms with Crippen LogP contribution in [0.5, 0.6) is 0 Å². The van der Waals surface area contributed by atoms with Crippen molar-refractivity contribution in [2.45, 2.75) is 38.6 Å². The van der Waals surface area contributed by atoms with Crippen molar-refractivity contribution in [3.63, 3.8) is 0 Å². The minimum atomic E-state index is -0.617. The summed E-state index contributed by atoms with van der Waals surface area (Å²) < 4.78 is 7.34. The van der Waals surface area contributed by atoms with Crippen molar-refractivity contribution >= 4 is 5.71 Å². The lowest BCUT2D eigenvalue weighted by molar-refractivity contribution is 0.0342. The number of hydrogen-bond acceptors (Lipinski definition) is 6. The summed E-state index contributed by atoms with van der Waals surface area (Å²) in [6.07, 6.45) is 3.56. The first kappa shape index (κ1) is 23.3. The van der Waals surface area contributed by atoms with Crippen molar-refractivity contribution in [3.8, 4) is 11.8 Å². The third kappa shape index (κ3) is 5.98. The predicted molar refractivity (Wildman–Crippen MR) is 134 cm³/mol. The molecule has 7 nitrogen and oxygen atoms in total. The van der Waals surface area contributed by atoms with Gasteiger partial charge in [-0.05, 0) is 42.3 Å². The number of oxime groups is 1. The molecule has 1 saturated heterocycles. The maximum Gasteiger partial charge on any atom is 0.151 e. The molecule has 180 valence electrons. The first-order valence-electron chi connectivity index (χ1n) is 12.1. The first-order valence-corrected chi connectivity index (χ1v) is 12.1. The number of aliphatic hydroxyl groups is 1. The Bertz CT molecular complexity index is 1210. The van der Waals surface area contributed by atoms with E-state index >= 15 is 0 Å². The molecule has 0 spiro atoms. The second-order valence-corrected chi connectivity index (χ2v) is 9.00. The average Bonchev–Trinajstić information content (AvgIpc) is 3.55. The highest BCUT2D eigenvalue weighted by molar-refractivity contribution is 6.01. The molecule has 1 N–H and O–H groups in total. The van der Waals surface area contributed by atoms with Crippen LogP contribution in [0.15, 0.2) is 66.1 Å². The van der Waals surface area contributed by atoms with E-state index < -0.39 is 6.10 Å². The lowest BCUT2D eigenvalue weighted by Gasteiger charge is -2.26. The van der Waals surface area contributed by atoms with Crippen LogP contribution >= 0.6 is 0 Å². The fourth-order valence-corrected chi connectivity index (χ4v) is 4.36. The molecule has 7 heteroatoms. The molecule has 0 amide bonds. The molecule has 1 unspecified atom stereocenters. The summed E-state index contributed by atoms with van der Waals surface area (Å²) in [7, 11) is 0. The van der Waals surface area contributed by atoms with Gasteiger partial charge in [0.15, 0.2) is 6.10 Å². The van der Waals surface area contributed by atoms with Gasteiger partial charge in [0.05, 0.1) is 25.5 Å². The maximum atomic E-state index is 9.84. The van der Waals surface area contributed by atoms with E-state index in [0.29, 0.717) is 18.8 Å². The van der Waals surface area contributed by atoms with E-state index in [2.05, 4.69) is 51.1 Å². The normalized spacial score (nSPS) is 18.9. The number of hydrogen-bond donors (Lipinski definition) is 1. The molecule has 35 heavy (non-hydrogen) atoms. The number of imidazole rings is 1. The van der Waals surface area contributed by atoms with Crippen LogP contribution in [0.1, 0.15) is 47.5 Å². The molecule has 2 aliphatic rings. The third-order valence-corrected chi connectivity index (χ3v) is 6.29. The SMILES string of the molecule is C[C@H](O)c1nccn1CC1CC(c2ccc(C#Cc3ccc(CN4CCOCC4)cc3)cc2)=NO1. The molecule has 0 saturated carbocycles. The maximum absolute atomic E-state index is 9.84. The average molecular weight is 471 g/mol. The van der Waals surface area contributed by atoms with Gasteiger partial charge in [-0.25, -0.2) is 4.98 Å². The van der Waals surface area contributed by atoms with Gasteiger partial charge in [0.2, 0.25) is 0 Å². The zero-order chi connectivity index (χ0) is 24.0. The largest absolute Gasteiger partial charge is 0.390 e. The summed E-state index contributed by atoms with van der Waals surface area (Å²) in [6, 6.07) is 16.6. The summed E-state index contributed by atoms with van der Waals surface area (Å²) in [6.45, 7) is 6.89. The standard InChI is InChI=1S/C28H30N4O3/c1-21(33)28-29-12-13-32(28)20-26-18-27(30-35-26)25-10-8-23(9-11-25)3-2-22-4-6-24(7-5-22)19-31-14-16-34-17-15-31/h4-13,21,26,33H,14-20H2,1H3/t21-,26?/m0/s1. The Morgan fingerprint density at radius 2 is 1.71 bits per heavy atom. The van der Waals surface area contributed by atoms with Gasteiger partial charge in [-0.15, -0.1) is 0 Å². The second-order valence-electron chi connectivity index (χ2n) is 9.00. The first-order chi connectivity index (χ1) is 17.1. The van der Waals surface area contributed by atoms with Crippen molar-refractivity contribution < 1.29 is 14.7 Å². The highest BCUT2D eigenvalue weighted by Gasteiger charge is 2.24. The zero-order valence-corrected chi connectivity index (χ0v) is 19.9. The number of nitrogens with zero attached hydrogens (tertiary/aromatic N) is 4. The molecule has 3 heterocycles. The molecule has 2 aliphatic heterocycles. The number of rotatable bonds is 6. The van der Waals surface area contributed by atoms with Gasteiger partial charge in [0.25, 0.3) is 0 Å².